The maximum atomic E-state index is 13.5. The van der Waals surface area contributed by atoms with Gasteiger partial charge in [0.05, 0.1) is 24.3 Å². The first-order chi connectivity index (χ1) is 10.1. The summed E-state index contributed by atoms with van der Waals surface area (Å²) in [6, 6.07) is 6.33. The molecule has 5 nitrogen and oxygen atoms in total. The van der Waals surface area contributed by atoms with Crippen LogP contribution < -0.4 is 4.72 Å². The van der Waals surface area contributed by atoms with Gasteiger partial charge in [-0.1, -0.05) is 18.2 Å². The van der Waals surface area contributed by atoms with Crippen molar-refractivity contribution < 1.29 is 12.8 Å². The largest absolute Gasteiger partial charge is 0.330 e. The van der Waals surface area contributed by atoms with Crippen LogP contribution in [0.2, 0.25) is 0 Å². The molecule has 1 aromatic carbocycles. The lowest BCUT2D eigenvalue weighted by Gasteiger charge is -2.09. The van der Waals surface area contributed by atoms with Crippen LogP contribution in [0.5, 0.6) is 0 Å². The zero-order valence-electron chi connectivity index (χ0n) is 11.4. The van der Waals surface area contributed by atoms with E-state index in [4.69, 9.17) is 0 Å². The van der Waals surface area contributed by atoms with Crippen molar-refractivity contribution in [3.05, 3.63) is 53.9 Å². The highest BCUT2D eigenvalue weighted by atomic mass is 32.2. The molecule has 0 amide bonds. The molecule has 3 rings (SSSR count). The van der Waals surface area contributed by atoms with Crippen molar-refractivity contribution >= 4 is 10.0 Å². The third-order valence-electron chi connectivity index (χ3n) is 3.46. The quantitative estimate of drug-likeness (QED) is 0.887. The number of imidazole rings is 1. The summed E-state index contributed by atoms with van der Waals surface area (Å²) in [7, 11) is -3.59. The van der Waals surface area contributed by atoms with Crippen LogP contribution in [0.25, 0.3) is 0 Å². The monoisotopic (exact) mass is 309 g/mol. The number of nitrogens with zero attached hydrogens (tertiary/aromatic N) is 2. The predicted molar refractivity (Wildman–Crippen MR) is 76.4 cm³/mol. The highest BCUT2D eigenvalue weighted by Crippen LogP contribution is 2.35. The van der Waals surface area contributed by atoms with E-state index < -0.39 is 15.8 Å². The summed E-state index contributed by atoms with van der Waals surface area (Å²) in [4.78, 5) is 4.05. The second-order valence-electron chi connectivity index (χ2n) is 5.20. The molecule has 7 heteroatoms. The Bertz CT molecular complexity index is 738. The molecule has 1 aliphatic carbocycles. The van der Waals surface area contributed by atoms with Gasteiger partial charge in [0, 0.05) is 17.8 Å². The maximum Gasteiger partial charge on any atom is 0.216 e. The van der Waals surface area contributed by atoms with E-state index in [-0.39, 0.29) is 17.9 Å². The summed E-state index contributed by atoms with van der Waals surface area (Å²) in [5.41, 5.74) is 0.996. The number of halogens is 1. The van der Waals surface area contributed by atoms with E-state index in [1.54, 1.807) is 18.6 Å². The van der Waals surface area contributed by atoms with Crippen molar-refractivity contribution in [2.45, 2.75) is 31.2 Å². The van der Waals surface area contributed by atoms with Crippen LogP contribution in [0, 0.1) is 5.82 Å². The van der Waals surface area contributed by atoms with Crippen LogP contribution in [0.4, 0.5) is 4.39 Å². The number of aromatic nitrogens is 2. The molecule has 112 valence electrons. The first kappa shape index (κ1) is 14.2. The number of benzene rings is 1. The summed E-state index contributed by atoms with van der Waals surface area (Å²) < 4.78 is 42.1. The number of sulfonamides is 1. The molecule has 0 radical (unpaired) electrons. The van der Waals surface area contributed by atoms with Gasteiger partial charge in [0.25, 0.3) is 0 Å². The Morgan fingerprint density at radius 3 is 2.81 bits per heavy atom. The van der Waals surface area contributed by atoms with Gasteiger partial charge >= 0.3 is 0 Å². The second-order valence-corrected chi connectivity index (χ2v) is 7.00. The standard InChI is InChI=1S/C14H16FN3O2S/c15-14-4-2-1-3-11(14)9-21(19,20)17-8-13-7-16-10-18(13)12-5-6-12/h1-4,7,10,12,17H,5-6,8-9H2. The Hall–Kier alpha value is -1.73. The lowest BCUT2D eigenvalue weighted by Crippen LogP contribution is -2.26. The molecule has 0 bridgehead atoms. The SMILES string of the molecule is O=S(=O)(Cc1ccccc1F)NCc1cncn1C1CC1. The van der Waals surface area contributed by atoms with E-state index in [2.05, 4.69) is 9.71 Å². The van der Waals surface area contributed by atoms with Gasteiger partial charge in [0.15, 0.2) is 0 Å². The molecule has 21 heavy (non-hydrogen) atoms. The van der Waals surface area contributed by atoms with Crippen LogP contribution in [-0.2, 0) is 22.3 Å². The first-order valence-electron chi connectivity index (χ1n) is 6.76. The van der Waals surface area contributed by atoms with Crippen molar-refractivity contribution in [2.24, 2.45) is 0 Å². The molecule has 1 aliphatic rings. The van der Waals surface area contributed by atoms with Crippen molar-refractivity contribution in [2.75, 3.05) is 0 Å². The first-order valence-corrected chi connectivity index (χ1v) is 8.42. The summed E-state index contributed by atoms with van der Waals surface area (Å²) in [5.74, 6) is -0.872. The fourth-order valence-corrected chi connectivity index (χ4v) is 3.32. The van der Waals surface area contributed by atoms with E-state index >= 15 is 0 Å². The topological polar surface area (TPSA) is 64.0 Å². The van der Waals surface area contributed by atoms with E-state index in [9.17, 15) is 12.8 Å². The molecule has 1 heterocycles. The number of hydrogen-bond donors (Lipinski definition) is 1. The molecule has 0 atom stereocenters. The molecule has 0 spiro atoms. The summed E-state index contributed by atoms with van der Waals surface area (Å²) >= 11 is 0. The molecule has 1 fully saturated rings. The molecule has 1 saturated carbocycles. The minimum absolute atomic E-state index is 0.167. The third-order valence-corrected chi connectivity index (χ3v) is 4.74. The smallest absolute Gasteiger partial charge is 0.216 e. The van der Waals surface area contributed by atoms with Gasteiger partial charge in [0.2, 0.25) is 10.0 Å². The molecule has 2 aromatic rings. The number of hydrogen-bond acceptors (Lipinski definition) is 3. The molecular formula is C14H16FN3O2S. The van der Waals surface area contributed by atoms with Crippen molar-refractivity contribution in [1.29, 1.82) is 0 Å². The molecule has 1 N–H and O–H groups in total. The summed E-state index contributed by atoms with van der Waals surface area (Å²) in [5, 5.41) is 0. The number of nitrogens with one attached hydrogen (secondary N) is 1. The van der Waals surface area contributed by atoms with E-state index in [1.165, 1.54) is 18.2 Å². The van der Waals surface area contributed by atoms with E-state index in [1.807, 2.05) is 4.57 Å². The summed E-state index contributed by atoms with van der Waals surface area (Å²) in [6.45, 7) is 0.174. The minimum atomic E-state index is -3.59. The van der Waals surface area contributed by atoms with Gasteiger partial charge in [0.1, 0.15) is 5.82 Å². The molecule has 0 aliphatic heterocycles. The minimum Gasteiger partial charge on any atom is -0.330 e. The zero-order valence-corrected chi connectivity index (χ0v) is 12.2. The van der Waals surface area contributed by atoms with Crippen molar-refractivity contribution in [1.82, 2.24) is 14.3 Å². The van der Waals surface area contributed by atoms with Crippen molar-refractivity contribution in [3.63, 3.8) is 0 Å². The van der Waals surface area contributed by atoms with Gasteiger partial charge in [-0.2, -0.15) is 0 Å². The molecule has 0 saturated heterocycles. The highest BCUT2D eigenvalue weighted by molar-refractivity contribution is 7.88. The lowest BCUT2D eigenvalue weighted by molar-refractivity contribution is 0.570. The summed E-state index contributed by atoms with van der Waals surface area (Å²) in [6.07, 6.45) is 5.58. The number of rotatable bonds is 6. The fourth-order valence-electron chi connectivity index (χ4n) is 2.21. The average Bonchev–Trinajstić information content (AvgIpc) is 3.18. The zero-order chi connectivity index (χ0) is 14.9. The van der Waals surface area contributed by atoms with Crippen molar-refractivity contribution in [3.8, 4) is 0 Å². The van der Waals surface area contributed by atoms with Crippen LogP contribution >= 0.6 is 0 Å². The Morgan fingerprint density at radius 1 is 1.33 bits per heavy atom. The van der Waals surface area contributed by atoms with Gasteiger partial charge in [-0.3, -0.25) is 0 Å². The Balaban J connectivity index is 1.66. The predicted octanol–water partition coefficient (Wildman–Crippen LogP) is 1.98. The van der Waals surface area contributed by atoms with Crippen LogP contribution in [0.1, 0.15) is 30.1 Å². The van der Waals surface area contributed by atoms with Gasteiger partial charge in [-0.05, 0) is 18.9 Å². The Labute approximate surface area is 122 Å². The Morgan fingerprint density at radius 2 is 2.10 bits per heavy atom. The lowest BCUT2D eigenvalue weighted by atomic mass is 10.2. The average molecular weight is 309 g/mol. The Kier molecular flexibility index (Phi) is 3.77. The van der Waals surface area contributed by atoms with Crippen LogP contribution in [0.3, 0.4) is 0 Å². The molecule has 0 unspecified atom stereocenters. The van der Waals surface area contributed by atoms with E-state index in [0.717, 1.165) is 18.5 Å². The fraction of sp³-hybridized carbons (Fsp3) is 0.357. The van der Waals surface area contributed by atoms with Gasteiger partial charge < -0.3 is 4.57 Å². The second kappa shape index (κ2) is 5.57. The third kappa shape index (κ3) is 3.48. The highest BCUT2D eigenvalue weighted by Gasteiger charge is 2.25. The van der Waals surface area contributed by atoms with Crippen LogP contribution in [0.15, 0.2) is 36.8 Å². The maximum absolute atomic E-state index is 13.5. The van der Waals surface area contributed by atoms with Crippen LogP contribution in [-0.4, -0.2) is 18.0 Å². The molecule has 1 aromatic heterocycles. The van der Waals surface area contributed by atoms with E-state index in [0.29, 0.717) is 6.04 Å². The van der Waals surface area contributed by atoms with Gasteiger partial charge in [-0.15, -0.1) is 0 Å². The molecular weight excluding hydrogens is 293 g/mol. The normalized spacial score (nSPS) is 15.3. The van der Waals surface area contributed by atoms with Gasteiger partial charge in [-0.25, -0.2) is 22.5 Å².